The molecule has 0 spiro atoms. The molecule has 0 saturated carbocycles. The van der Waals surface area contributed by atoms with Crippen molar-refractivity contribution in [2.45, 2.75) is 0 Å². The summed E-state index contributed by atoms with van der Waals surface area (Å²) in [6, 6.07) is 0. The van der Waals surface area contributed by atoms with Crippen LogP contribution in [0.2, 0.25) is 0 Å². The third-order valence-corrected chi connectivity index (χ3v) is 4.27. The highest BCUT2D eigenvalue weighted by Gasteiger charge is 2.36. The van der Waals surface area contributed by atoms with E-state index in [1.165, 1.54) is 0 Å². The Kier molecular flexibility index (Phi) is 5.68. The van der Waals surface area contributed by atoms with Crippen molar-refractivity contribution in [3.8, 4) is 22.3 Å². The Morgan fingerprint density at radius 2 is 0.406 bits per heavy atom. The molecule has 167 valence electrons. The van der Waals surface area contributed by atoms with Gasteiger partial charge in [0.25, 0.3) is 0 Å². The van der Waals surface area contributed by atoms with Crippen molar-refractivity contribution in [2.24, 2.45) is 0 Å². The van der Waals surface area contributed by atoms with Gasteiger partial charge in [0.1, 0.15) is 11.6 Å². The van der Waals surface area contributed by atoms with Crippen LogP contribution in [0, 0.1) is 75.6 Å². The second kappa shape index (κ2) is 7.75. The summed E-state index contributed by atoms with van der Waals surface area (Å²) >= 11 is 0. The fraction of sp³-hybridized carbons (Fsp3) is 0. The summed E-state index contributed by atoms with van der Waals surface area (Å²) in [5.74, 6) is -35.7. The maximum Gasteiger partial charge on any atom is 0.200 e. The molecule has 0 fully saturated rings. The van der Waals surface area contributed by atoms with Crippen molar-refractivity contribution in [1.29, 1.82) is 0 Å². The van der Waals surface area contributed by atoms with Gasteiger partial charge in [0, 0.05) is 0 Å². The average molecular weight is 474 g/mol. The van der Waals surface area contributed by atoms with Crippen molar-refractivity contribution in [1.82, 2.24) is 0 Å². The molecule has 0 N–H and O–H groups in total. The molecule has 0 nitrogen and oxygen atoms in total. The molecule has 0 amide bonds. The smallest absolute Gasteiger partial charge is 0.200 e. The van der Waals surface area contributed by atoms with E-state index in [9.17, 15) is 57.1 Å². The number of hydrogen-bond acceptors (Lipinski definition) is 0. The van der Waals surface area contributed by atoms with Gasteiger partial charge in [-0.05, 0) is 0 Å². The number of hydrogen-bond donors (Lipinski definition) is 0. The molecule has 0 aliphatic heterocycles. The number of halogens is 13. The molecule has 0 aliphatic carbocycles. The average Bonchev–Trinajstić information content (AvgIpc) is 2.76. The zero-order chi connectivity index (χ0) is 24.4. The van der Waals surface area contributed by atoms with Crippen LogP contribution in [0.5, 0.6) is 0 Å². The molecule has 3 aromatic carbocycles. The lowest BCUT2D eigenvalue weighted by Gasteiger charge is -2.19. The van der Waals surface area contributed by atoms with E-state index < -0.39 is 103 Å². The molecule has 14 heteroatoms. The Bertz CT molecular complexity index is 1130. The Labute approximate surface area is 169 Å². The summed E-state index contributed by atoms with van der Waals surface area (Å²) in [5, 5.41) is 0. The lowest BCUT2D eigenvalue weighted by atomic mass is 9.89. The maximum absolute atomic E-state index is 14.4. The monoisotopic (exact) mass is 474 g/mol. The molecule has 0 heterocycles. The van der Waals surface area contributed by atoms with E-state index in [4.69, 9.17) is 0 Å². The van der Waals surface area contributed by atoms with Gasteiger partial charge in [0.15, 0.2) is 58.2 Å². The van der Waals surface area contributed by atoms with E-state index in [-0.39, 0.29) is 0 Å². The van der Waals surface area contributed by atoms with E-state index in [0.29, 0.717) is 0 Å². The summed E-state index contributed by atoms with van der Waals surface area (Å²) < 4.78 is 181. The number of rotatable bonds is 2. The first kappa shape index (κ1) is 23.5. The van der Waals surface area contributed by atoms with Crippen LogP contribution < -0.4 is 5.46 Å². The molecular weight excluding hydrogens is 474 g/mol. The van der Waals surface area contributed by atoms with Crippen LogP contribution in [0.15, 0.2) is 0 Å². The van der Waals surface area contributed by atoms with Crippen molar-refractivity contribution < 1.29 is 57.1 Å². The standard InChI is InChI=1S/C18BF13/c19-5-14(28)10(24)3(11(25)15(5)29)1-6(20)8(22)2(9(23)7(1)21)4-12(26)16(30)18(32)17(31)13(4)27/q-1. The van der Waals surface area contributed by atoms with Gasteiger partial charge in [0.05, 0.1) is 22.3 Å². The molecular formula is C18BF13-. The van der Waals surface area contributed by atoms with Crippen LogP contribution in [-0.2, 0) is 0 Å². The van der Waals surface area contributed by atoms with E-state index >= 15 is 0 Å². The van der Waals surface area contributed by atoms with Gasteiger partial charge in [-0.2, -0.15) is 0 Å². The van der Waals surface area contributed by atoms with Gasteiger partial charge in [0.2, 0.25) is 5.82 Å². The van der Waals surface area contributed by atoms with E-state index in [2.05, 4.69) is 7.85 Å². The highest BCUT2D eigenvalue weighted by molar-refractivity contribution is 6.32. The minimum atomic E-state index is -2.90. The molecule has 3 rings (SSSR count). The summed E-state index contributed by atoms with van der Waals surface area (Å²) in [5.41, 5.74) is -11.5. The number of benzene rings is 3. The van der Waals surface area contributed by atoms with Gasteiger partial charge in [-0.25, -0.2) is 62.5 Å². The van der Waals surface area contributed by atoms with Crippen molar-refractivity contribution >= 4 is 13.3 Å². The van der Waals surface area contributed by atoms with E-state index in [1.54, 1.807) is 0 Å². The Morgan fingerprint density at radius 1 is 0.250 bits per heavy atom. The lowest BCUT2D eigenvalue weighted by Crippen LogP contribution is -2.20. The Hall–Kier alpha value is -3.19. The lowest BCUT2D eigenvalue weighted by molar-refractivity contribution is 0.379. The molecule has 0 bridgehead atoms. The molecule has 0 saturated heterocycles. The highest BCUT2D eigenvalue weighted by atomic mass is 19.2. The normalized spacial score (nSPS) is 11.4. The molecule has 3 aromatic rings. The molecule has 0 aromatic heterocycles. The third-order valence-electron chi connectivity index (χ3n) is 4.27. The summed E-state index contributed by atoms with van der Waals surface area (Å²) in [6.07, 6.45) is 0. The van der Waals surface area contributed by atoms with Gasteiger partial charge in [-0.15, -0.1) is 0 Å². The Balaban J connectivity index is 2.50. The fourth-order valence-corrected chi connectivity index (χ4v) is 2.76. The fourth-order valence-electron chi connectivity index (χ4n) is 2.76. The van der Waals surface area contributed by atoms with E-state index in [0.717, 1.165) is 0 Å². The topological polar surface area (TPSA) is 0 Å². The molecule has 3 radical (unpaired) electrons. The first-order chi connectivity index (χ1) is 14.7. The predicted molar refractivity (Wildman–Crippen MR) is 82.2 cm³/mol. The largest absolute Gasteiger partial charge is 0.572 e. The minimum absolute atomic E-state index is 1.80. The second-order valence-corrected chi connectivity index (χ2v) is 6.00. The SMILES string of the molecule is [B-]c1c(F)c(F)c(-c2c(F)c(F)c(-c3c(F)c(F)c(F)c(F)c3F)c(F)c2F)c(F)c1F. The van der Waals surface area contributed by atoms with Gasteiger partial charge in [-0.1, -0.05) is 0 Å². The molecule has 0 atom stereocenters. The van der Waals surface area contributed by atoms with Crippen LogP contribution in [0.4, 0.5) is 57.1 Å². The zero-order valence-corrected chi connectivity index (χ0v) is 14.5. The predicted octanol–water partition coefficient (Wildman–Crippen LogP) is 5.62. The zero-order valence-electron chi connectivity index (χ0n) is 14.5. The second-order valence-electron chi connectivity index (χ2n) is 6.00. The molecule has 0 unspecified atom stereocenters. The van der Waals surface area contributed by atoms with Crippen molar-refractivity contribution in [2.75, 3.05) is 0 Å². The Morgan fingerprint density at radius 3 is 0.656 bits per heavy atom. The molecule has 0 aliphatic rings. The van der Waals surface area contributed by atoms with Gasteiger partial charge in [-0.3, -0.25) is 0 Å². The van der Waals surface area contributed by atoms with Crippen LogP contribution in [0.3, 0.4) is 0 Å². The summed E-state index contributed by atoms with van der Waals surface area (Å²) in [7, 11) is 4.69. The quantitative estimate of drug-likeness (QED) is 0.196. The van der Waals surface area contributed by atoms with Crippen LogP contribution >= 0.6 is 0 Å². The first-order valence-corrected chi connectivity index (χ1v) is 7.75. The van der Waals surface area contributed by atoms with Crippen molar-refractivity contribution in [3.05, 3.63) is 75.6 Å². The van der Waals surface area contributed by atoms with Crippen molar-refractivity contribution in [3.63, 3.8) is 0 Å². The van der Waals surface area contributed by atoms with E-state index in [1.807, 2.05) is 0 Å². The molecule has 32 heavy (non-hydrogen) atoms. The summed E-state index contributed by atoms with van der Waals surface area (Å²) in [4.78, 5) is 0. The highest BCUT2D eigenvalue weighted by Crippen LogP contribution is 2.41. The first-order valence-electron chi connectivity index (χ1n) is 7.75. The minimum Gasteiger partial charge on any atom is -0.572 e. The van der Waals surface area contributed by atoms with Crippen LogP contribution in [0.1, 0.15) is 0 Å². The van der Waals surface area contributed by atoms with Crippen LogP contribution in [-0.4, -0.2) is 7.85 Å². The van der Waals surface area contributed by atoms with Crippen LogP contribution in [0.25, 0.3) is 22.3 Å². The maximum atomic E-state index is 14.4. The van der Waals surface area contributed by atoms with Gasteiger partial charge >= 0.3 is 0 Å². The van der Waals surface area contributed by atoms with Gasteiger partial charge < -0.3 is 7.85 Å². The third kappa shape index (κ3) is 3.03. The summed E-state index contributed by atoms with van der Waals surface area (Å²) in [6.45, 7) is 0.